The van der Waals surface area contributed by atoms with Crippen LogP contribution in [0.2, 0.25) is 0 Å². The second-order valence-corrected chi connectivity index (χ2v) is 4.99. The highest BCUT2D eigenvalue weighted by molar-refractivity contribution is 5.16. The van der Waals surface area contributed by atoms with Gasteiger partial charge in [0.1, 0.15) is 0 Å². The topological polar surface area (TPSA) is 42.2 Å². The van der Waals surface area contributed by atoms with Gasteiger partial charge in [-0.05, 0) is 38.1 Å². The van der Waals surface area contributed by atoms with E-state index in [1.807, 2.05) is 18.5 Å². The van der Waals surface area contributed by atoms with E-state index in [1.165, 1.54) is 24.8 Å². The minimum Gasteiger partial charge on any atom is -0.326 e. The Bertz CT molecular complexity index is 313. The minimum absolute atomic E-state index is 0.167. The summed E-state index contributed by atoms with van der Waals surface area (Å²) in [5, 5.41) is 0. The smallest absolute Gasteiger partial charge is 0.0511 e. The first kappa shape index (κ1) is 15.1. The van der Waals surface area contributed by atoms with Crippen molar-refractivity contribution in [3.8, 4) is 0 Å². The van der Waals surface area contributed by atoms with Crippen LogP contribution in [0.25, 0.3) is 0 Å². The van der Waals surface area contributed by atoms with Crippen LogP contribution in [0.1, 0.15) is 51.1 Å². The zero-order valence-corrected chi connectivity index (χ0v) is 12.0. The van der Waals surface area contributed by atoms with E-state index in [1.54, 1.807) is 0 Å². The Balaban J connectivity index is 2.72. The molecule has 1 heterocycles. The molecule has 2 unspecified atom stereocenters. The highest BCUT2D eigenvalue weighted by atomic mass is 15.1. The highest BCUT2D eigenvalue weighted by Gasteiger charge is 2.22. The summed E-state index contributed by atoms with van der Waals surface area (Å²) in [6, 6.07) is 4.56. The molecule has 0 radical (unpaired) electrons. The number of unbranched alkanes of at least 4 members (excludes halogenated alkanes) is 2. The molecule has 0 aliphatic rings. The van der Waals surface area contributed by atoms with Crippen LogP contribution in [0.4, 0.5) is 0 Å². The molecule has 0 fully saturated rings. The summed E-state index contributed by atoms with van der Waals surface area (Å²) < 4.78 is 0. The molecule has 0 bridgehead atoms. The number of aromatic nitrogens is 1. The predicted octanol–water partition coefficient (Wildman–Crippen LogP) is 2.98. The lowest BCUT2D eigenvalue weighted by Gasteiger charge is -2.32. The minimum atomic E-state index is 0.167. The van der Waals surface area contributed by atoms with Gasteiger partial charge in [0.25, 0.3) is 0 Å². The zero-order chi connectivity index (χ0) is 13.4. The fourth-order valence-electron chi connectivity index (χ4n) is 2.35. The average Bonchev–Trinajstić information content (AvgIpc) is 2.40. The molecule has 0 aromatic carbocycles. The first-order valence-corrected chi connectivity index (χ1v) is 7.06. The van der Waals surface area contributed by atoms with Crippen molar-refractivity contribution < 1.29 is 0 Å². The number of nitrogens with two attached hydrogens (primary N) is 1. The molecule has 0 spiro atoms. The standard InChI is InChI=1S/C15H27N3/c1-4-6-7-11-18(3)15(14(16)5-2)13-9-8-10-17-12-13/h8-10,12,14-15H,4-7,11,16H2,1-3H3. The van der Waals surface area contributed by atoms with E-state index in [0.717, 1.165) is 13.0 Å². The van der Waals surface area contributed by atoms with Crippen LogP contribution >= 0.6 is 0 Å². The fourth-order valence-corrected chi connectivity index (χ4v) is 2.35. The molecule has 102 valence electrons. The molecule has 3 nitrogen and oxygen atoms in total. The Morgan fingerprint density at radius 1 is 1.33 bits per heavy atom. The summed E-state index contributed by atoms with van der Waals surface area (Å²) in [5.41, 5.74) is 7.51. The van der Waals surface area contributed by atoms with Crippen molar-refractivity contribution in [2.45, 2.75) is 51.6 Å². The lowest BCUT2D eigenvalue weighted by Crippen LogP contribution is -2.39. The Morgan fingerprint density at radius 2 is 2.11 bits per heavy atom. The second-order valence-electron chi connectivity index (χ2n) is 4.99. The molecule has 3 heteroatoms. The van der Waals surface area contributed by atoms with Crippen LogP contribution in [0, 0.1) is 0 Å². The van der Waals surface area contributed by atoms with Gasteiger partial charge < -0.3 is 5.73 Å². The lowest BCUT2D eigenvalue weighted by molar-refractivity contribution is 0.205. The van der Waals surface area contributed by atoms with Crippen LogP contribution in [-0.2, 0) is 0 Å². The van der Waals surface area contributed by atoms with Gasteiger partial charge in [-0.2, -0.15) is 0 Å². The summed E-state index contributed by atoms with van der Waals surface area (Å²) in [6.07, 6.45) is 8.51. The highest BCUT2D eigenvalue weighted by Crippen LogP contribution is 2.23. The van der Waals surface area contributed by atoms with Crippen LogP contribution in [0.15, 0.2) is 24.5 Å². The van der Waals surface area contributed by atoms with Crippen molar-refractivity contribution in [2.24, 2.45) is 5.73 Å². The molecule has 0 aliphatic carbocycles. The number of nitrogens with zero attached hydrogens (tertiary/aromatic N) is 2. The Labute approximate surface area is 111 Å². The molecule has 2 N–H and O–H groups in total. The summed E-state index contributed by atoms with van der Waals surface area (Å²) >= 11 is 0. The molecule has 1 aromatic heterocycles. The van der Waals surface area contributed by atoms with Crippen molar-refractivity contribution >= 4 is 0 Å². The average molecular weight is 249 g/mol. The van der Waals surface area contributed by atoms with Crippen molar-refractivity contribution in [3.63, 3.8) is 0 Å². The maximum Gasteiger partial charge on any atom is 0.0511 e. The van der Waals surface area contributed by atoms with Crippen LogP contribution < -0.4 is 5.73 Å². The fraction of sp³-hybridized carbons (Fsp3) is 0.667. The number of pyridine rings is 1. The van der Waals surface area contributed by atoms with Gasteiger partial charge in [0.2, 0.25) is 0 Å². The van der Waals surface area contributed by atoms with E-state index < -0.39 is 0 Å². The summed E-state index contributed by atoms with van der Waals surface area (Å²) in [7, 11) is 2.17. The first-order chi connectivity index (χ1) is 8.70. The van der Waals surface area contributed by atoms with Gasteiger partial charge in [-0.3, -0.25) is 9.88 Å². The molecule has 18 heavy (non-hydrogen) atoms. The zero-order valence-electron chi connectivity index (χ0n) is 12.0. The monoisotopic (exact) mass is 249 g/mol. The van der Waals surface area contributed by atoms with Crippen LogP contribution in [0.3, 0.4) is 0 Å². The number of hydrogen-bond acceptors (Lipinski definition) is 3. The van der Waals surface area contributed by atoms with Gasteiger partial charge in [-0.15, -0.1) is 0 Å². The van der Waals surface area contributed by atoms with Gasteiger partial charge in [-0.1, -0.05) is 32.8 Å². The molecule has 0 amide bonds. The van der Waals surface area contributed by atoms with Crippen molar-refractivity contribution in [2.75, 3.05) is 13.6 Å². The van der Waals surface area contributed by atoms with E-state index in [-0.39, 0.29) is 12.1 Å². The van der Waals surface area contributed by atoms with Crippen molar-refractivity contribution in [3.05, 3.63) is 30.1 Å². The van der Waals surface area contributed by atoms with Gasteiger partial charge in [0.05, 0.1) is 6.04 Å². The van der Waals surface area contributed by atoms with Gasteiger partial charge >= 0.3 is 0 Å². The molecular formula is C15H27N3. The van der Waals surface area contributed by atoms with E-state index in [9.17, 15) is 0 Å². The third-order valence-corrected chi connectivity index (χ3v) is 3.49. The summed E-state index contributed by atoms with van der Waals surface area (Å²) in [6.45, 7) is 5.48. The molecule has 1 rings (SSSR count). The Morgan fingerprint density at radius 3 is 2.67 bits per heavy atom. The summed E-state index contributed by atoms with van der Waals surface area (Å²) in [4.78, 5) is 6.59. The van der Waals surface area contributed by atoms with E-state index in [0.29, 0.717) is 0 Å². The quantitative estimate of drug-likeness (QED) is 0.720. The third kappa shape index (κ3) is 4.39. The molecule has 1 aromatic rings. The number of rotatable bonds is 8. The number of hydrogen-bond donors (Lipinski definition) is 1. The first-order valence-electron chi connectivity index (χ1n) is 7.06. The van der Waals surface area contributed by atoms with Crippen LogP contribution in [0.5, 0.6) is 0 Å². The Kier molecular flexibility index (Phi) is 6.91. The van der Waals surface area contributed by atoms with Crippen molar-refractivity contribution in [1.29, 1.82) is 0 Å². The maximum absolute atomic E-state index is 6.28. The normalized spacial score (nSPS) is 14.7. The molecule has 0 saturated heterocycles. The third-order valence-electron chi connectivity index (χ3n) is 3.49. The Hall–Kier alpha value is -0.930. The molecule has 0 aliphatic heterocycles. The second kappa shape index (κ2) is 8.22. The molecule has 2 atom stereocenters. The SMILES string of the molecule is CCCCCN(C)C(c1cccnc1)C(N)CC. The predicted molar refractivity (Wildman–Crippen MR) is 77.4 cm³/mol. The molecular weight excluding hydrogens is 222 g/mol. The molecule has 0 saturated carbocycles. The van der Waals surface area contributed by atoms with E-state index >= 15 is 0 Å². The van der Waals surface area contributed by atoms with Gasteiger partial charge in [0, 0.05) is 18.4 Å². The summed E-state index contributed by atoms with van der Waals surface area (Å²) in [5.74, 6) is 0. The number of likely N-dealkylation sites (N-methyl/N-ethyl adjacent to an activating group) is 1. The van der Waals surface area contributed by atoms with Crippen molar-refractivity contribution in [1.82, 2.24) is 9.88 Å². The van der Waals surface area contributed by atoms with E-state index in [4.69, 9.17) is 5.73 Å². The largest absolute Gasteiger partial charge is 0.326 e. The lowest BCUT2D eigenvalue weighted by atomic mass is 9.98. The van der Waals surface area contributed by atoms with Gasteiger partial charge in [-0.25, -0.2) is 0 Å². The van der Waals surface area contributed by atoms with Gasteiger partial charge in [0.15, 0.2) is 0 Å². The van der Waals surface area contributed by atoms with Crippen LogP contribution in [-0.4, -0.2) is 29.5 Å². The van der Waals surface area contributed by atoms with E-state index in [2.05, 4.69) is 36.8 Å². The maximum atomic E-state index is 6.28.